The summed E-state index contributed by atoms with van der Waals surface area (Å²) in [7, 11) is 0. The van der Waals surface area contributed by atoms with Crippen molar-refractivity contribution in [2.75, 3.05) is 6.61 Å². The first kappa shape index (κ1) is 18.3. The maximum Gasteiger partial charge on any atom is 0.344 e. The van der Waals surface area contributed by atoms with E-state index in [1.165, 1.54) is 4.68 Å². The molecule has 0 saturated heterocycles. The average Bonchev–Trinajstić information content (AvgIpc) is 2.70. The van der Waals surface area contributed by atoms with Gasteiger partial charge in [-0.1, -0.05) is 66.7 Å². The fraction of sp³-hybridized carbons (Fsp3) is 0.136. The van der Waals surface area contributed by atoms with Gasteiger partial charge >= 0.3 is 5.97 Å². The number of aromatic nitrogens is 2. The highest BCUT2D eigenvalue weighted by Gasteiger charge is 2.25. The second kappa shape index (κ2) is 8.27. The minimum atomic E-state index is -0.654. The quantitative estimate of drug-likeness (QED) is 0.493. The molecule has 2 aromatic carbocycles. The summed E-state index contributed by atoms with van der Waals surface area (Å²) in [5, 5.41) is 4.54. The Hall–Kier alpha value is -3.47. The molecule has 3 rings (SSSR count). The van der Waals surface area contributed by atoms with Crippen LogP contribution in [-0.2, 0) is 11.3 Å². The van der Waals surface area contributed by atoms with E-state index in [9.17, 15) is 9.59 Å². The molecule has 0 N–H and O–H groups in total. The van der Waals surface area contributed by atoms with Gasteiger partial charge in [-0.25, -0.2) is 9.48 Å². The number of ether oxygens (including phenoxy) is 1. The first-order valence-corrected chi connectivity index (χ1v) is 8.71. The molecule has 5 heteroatoms. The van der Waals surface area contributed by atoms with Crippen molar-refractivity contribution >= 4 is 5.97 Å². The summed E-state index contributed by atoms with van der Waals surface area (Å²) in [6.07, 6.45) is 1.57. The zero-order valence-corrected chi connectivity index (χ0v) is 15.1. The summed E-state index contributed by atoms with van der Waals surface area (Å²) < 4.78 is 6.43. The van der Waals surface area contributed by atoms with Crippen LogP contribution in [0.3, 0.4) is 0 Å². The second-order valence-electron chi connectivity index (χ2n) is 5.83. The number of carbonyl (C=O) groups is 1. The number of nitrogens with zero attached hydrogens (tertiary/aromatic N) is 2. The van der Waals surface area contributed by atoms with Crippen molar-refractivity contribution in [3.63, 3.8) is 0 Å². The number of esters is 1. The Morgan fingerprint density at radius 3 is 2.22 bits per heavy atom. The molecule has 0 fully saturated rings. The van der Waals surface area contributed by atoms with Crippen LogP contribution in [0, 0.1) is 0 Å². The topological polar surface area (TPSA) is 61.2 Å². The summed E-state index contributed by atoms with van der Waals surface area (Å²) in [5.41, 5.74) is 2.05. The van der Waals surface area contributed by atoms with Crippen LogP contribution in [0.4, 0.5) is 0 Å². The van der Waals surface area contributed by atoms with E-state index in [1.807, 2.05) is 60.7 Å². The van der Waals surface area contributed by atoms with Crippen molar-refractivity contribution in [3.8, 4) is 22.4 Å². The average molecular weight is 360 g/mol. The molecule has 1 aromatic heterocycles. The van der Waals surface area contributed by atoms with Gasteiger partial charge in [-0.15, -0.1) is 6.58 Å². The van der Waals surface area contributed by atoms with Crippen molar-refractivity contribution in [2.24, 2.45) is 0 Å². The van der Waals surface area contributed by atoms with Crippen molar-refractivity contribution in [1.29, 1.82) is 0 Å². The second-order valence-corrected chi connectivity index (χ2v) is 5.83. The normalized spacial score (nSPS) is 10.4. The Labute approximate surface area is 157 Å². The first-order chi connectivity index (χ1) is 13.2. The van der Waals surface area contributed by atoms with Crippen LogP contribution < -0.4 is 5.56 Å². The van der Waals surface area contributed by atoms with Gasteiger partial charge < -0.3 is 4.74 Å². The van der Waals surface area contributed by atoms with Crippen LogP contribution >= 0.6 is 0 Å². The number of hydrogen-bond donors (Lipinski definition) is 0. The zero-order valence-electron chi connectivity index (χ0n) is 15.1. The summed E-state index contributed by atoms with van der Waals surface area (Å²) in [4.78, 5) is 25.7. The van der Waals surface area contributed by atoms with Gasteiger partial charge in [0.2, 0.25) is 0 Å². The van der Waals surface area contributed by atoms with Crippen LogP contribution in [0.15, 0.2) is 78.1 Å². The van der Waals surface area contributed by atoms with Crippen molar-refractivity contribution in [1.82, 2.24) is 9.78 Å². The van der Waals surface area contributed by atoms with Crippen molar-refractivity contribution < 1.29 is 9.53 Å². The van der Waals surface area contributed by atoms with E-state index in [1.54, 1.807) is 13.0 Å². The summed E-state index contributed by atoms with van der Waals surface area (Å²) in [5.74, 6) is -0.654. The molecule has 0 aliphatic rings. The third kappa shape index (κ3) is 3.72. The van der Waals surface area contributed by atoms with E-state index in [2.05, 4.69) is 11.7 Å². The molecule has 0 aliphatic heterocycles. The lowest BCUT2D eigenvalue weighted by atomic mass is 9.95. The lowest BCUT2D eigenvalue weighted by Crippen LogP contribution is -2.31. The minimum Gasteiger partial charge on any atom is -0.462 e. The molecule has 136 valence electrons. The SMILES string of the molecule is C=CCn1nc(-c2ccccc2)c(-c2ccccc2)c(C(=O)OCC)c1=O. The van der Waals surface area contributed by atoms with E-state index in [-0.39, 0.29) is 18.7 Å². The zero-order chi connectivity index (χ0) is 19.2. The lowest BCUT2D eigenvalue weighted by molar-refractivity contribution is 0.0524. The molecule has 0 unspecified atom stereocenters. The number of allylic oxidation sites excluding steroid dienone is 1. The fourth-order valence-electron chi connectivity index (χ4n) is 2.89. The largest absolute Gasteiger partial charge is 0.462 e. The van der Waals surface area contributed by atoms with Crippen LogP contribution in [0.2, 0.25) is 0 Å². The molecule has 3 aromatic rings. The predicted molar refractivity (Wildman–Crippen MR) is 106 cm³/mol. The fourth-order valence-corrected chi connectivity index (χ4v) is 2.89. The molecular weight excluding hydrogens is 340 g/mol. The monoisotopic (exact) mass is 360 g/mol. The highest BCUT2D eigenvalue weighted by atomic mass is 16.5. The van der Waals surface area contributed by atoms with Crippen molar-refractivity contribution in [3.05, 3.63) is 89.2 Å². The molecule has 0 bridgehead atoms. The molecule has 5 nitrogen and oxygen atoms in total. The maximum absolute atomic E-state index is 13.0. The Bertz CT molecular complexity index is 1010. The molecule has 0 atom stereocenters. The van der Waals surface area contributed by atoms with Gasteiger partial charge in [0.1, 0.15) is 5.56 Å². The highest BCUT2D eigenvalue weighted by molar-refractivity contribution is 6.00. The maximum atomic E-state index is 13.0. The molecule has 0 radical (unpaired) electrons. The summed E-state index contributed by atoms with van der Waals surface area (Å²) >= 11 is 0. The molecule has 0 aliphatic carbocycles. The smallest absolute Gasteiger partial charge is 0.344 e. The number of rotatable bonds is 6. The Morgan fingerprint density at radius 2 is 1.67 bits per heavy atom. The highest BCUT2D eigenvalue weighted by Crippen LogP contribution is 2.32. The van der Waals surface area contributed by atoms with Crippen molar-refractivity contribution in [2.45, 2.75) is 13.5 Å². The molecule has 1 heterocycles. The van der Waals surface area contributed by atoms with E-state index >= 15 is 0 Å². The van der Waals surface area contributed by atoms with E-state index in [4.69, 9.17) is 4.74 Å². The van der Waals surface area contributed by atoms with Gasteiger partial charge in [0, 0.05) is 11.1 Å². The Morgan fingerprint density at radius 1 is 1.07 bits per heavy atom. The number of benzene rings is 2. The third-order valence-corrected chi connectivity index (χ3v) is 4.05. The third-order valence-electron chi connectivity index (χ3n) is 4.05. The van der Waals surface area contributed by atoms with Crippen LogP contribution in [-0.4, -0.2) is 22.4 Å². The van der Waals surface area contributed by atoms with Gasteiger partial charge in [-0.2, -0.15) is 5.10 Å². The van der Waals surface area contributed by atoms with Gasteiger partial charge in [0.15, 0.2) is 0 Å². The summed E-state index contributed by atoms with van der Waals surface area (Å²) in [6.45, 7) is 5.76. The van der Waals surface area contributed by atoms with E-state index < -0.39 is 11.5 Å². The number of carbonyl (C=O) groups excluding carboxylic acids is 1. The van der Waals surface area contributed by atoms with Gasteiger partial charge in [0.25, 0.3) is 5.56 Å². The minimum absolute atomic E-state index is 0.0150. The molecule has 0 saturated carbocycles. The van der Waals surface area contributed by atoms with Gasteiger partial charge in [-0.3, -0.25) is 4.79 Å². The first-order valence-electron chi connectivity index (χ1n) is 8.71. The Kier molecular flexibility index (Phi) is 5.61. The molecule has 0 amide bonds. The van der Waals surface area contributed by atoms with Gasteiger partial charge in [-0.05, 0) is 12.5 Å². The van der Waals surface area contributed by atoms with Crippen LogP contribution in [0.5, 0.6) is 0 Å². The summed E-state index contributed by atoms with van der Waals surface area (Å²) in [6, 6.07) is 18.8. The lowest BCUT2D eigenvalue weighted by Gasteiger charge is -2.16. The molecular formula is C22H20N2O3. The van der Waals surface area contributed by atoms with E-state index in [0.29, 0.717) is 11.3 Å². The van der Waals surface area contributed by atoms with E-state index in [0.717, 1.165) is 11.1 Å². The predicted octanol–water partition coefficient (Wildman–Crippen LogP) is 3.94. The standard InChI is InChI=1S/C22H20N2O3/c1-3-15-24-21(25)19(22(26)27-4-2)18(16-11-7-5-8-12-16)20(23-24)17-13-9-6-10-14-17/h3,5-14H,1,4,15H2,2H3. The van der Waals surface area contributed by atoms with Crippen LogP contribution in [0.1, 0.15) is 17.3 Å². The molecule has 27 heavy (non-hydrogen) atoms. The molecule has 0 spiro atoms. The van der Waals surface area contributed by atoms with Crippen LogP contribution in [0.25, 0.3) is 22.4 Å². The van der Waals surface area contributed by atoms with Gasteiger partial charge in [0.05, 0.1) is 18.8 Å². The Balaban J connectivity index is 2.42. The number of hydrogen-bond acceptors (Lipinski definition) is 4.